The molecule has 0 aromatic heterocycles. The summed E-state index contributed by atoms with van der Waals surface area (Å²) in [5.41, 5.74) is 0. The van der Waals surface area contributed by atoms with Gasteiger partial charge in [-0.15, -0.1) is 0 Å². The van der Waals surface area contributed by atoms with Gasteiger partial charge in [0, 0.05) is 13.0 Å². The average Bonchev–Trinajstić information content (AvgIpc) is 2.03. The topological polar surface area (TPSA) is 35.5 Å². The lowest BCUT2D eigenvalue weighted by atomic mass is 10.3. The Morgan fingerprint density at radius 3 is 3.17 bits per heavy atom. The summed E-state index contributed by atoms with van der Waals surface area (Å²) < 4.78 is 10.1. The number of ether oxygens (including phenoxy) is 1. The van der Waals surface area contributed by atoms with Crippen LogP contribution in [0.3, 0.4) is 0 Å². The van der Waals surface area contributed by atoms with Crippen molar-refractivity contribution in [2.45, 2.75) is 25.9 Å². The molecule has 1 fully saturated rings. The fourth-order valence-electron chi connectivity index (χ4n) is 0.913. The lowest BCUT2D eigenvalue weighted by Crippen LogP contribution is -2.35. The lowest BCUT2D eigenvalue weighted by molar-refractivity contribution is -0.147. The number of hydrogen-bond acceptors (Lipinski definition) is 3. The van der Waals surface area contributed by atoms with Crippen molar-refractivity contribution in [2.75, 3.05) is 12.4 Å². The standard InChI is InChI=1S/C7H12ClO3S/c1-2-4-10-6-3-5-12(8)11-7(6)9/h6H,2-5H2,1H3/q+1. The molecule has 12 heavy (non-hydrogen) atoms. The highest BCUT2D eigenvalue weighted by molar-refractivity contribution is 8.14. The third-order valence-corrected chi connectivity index (χ3v) is 3.05. The van der Waals surface area contributed by atoms with Crippen LogP contribution in [0.15, 0.2) is 0 Å². The van der Waals surface area contributed by atoms with Crippen molar-refractivity contribution in [3.8, 4) is 0 Å². The number of halogens is 1. The van der Waals surface area contributed by atoms with Crippen LogP contribution in [-0.2, 0) is 24.1 Å². The smallest absolute Gasteiger partial charge is 0.366 e. The maximum absolute atomic E-state index is 11.1. The Morgan fingerprint density at radius 1 is 1.83 bits per heavy atom. The molecule has 0 saturated carbocycles. The van der Waals surface area contributed by atoms with E-state index in [-0.39, 0.29) is 12.1 Å². The van der Waals surface area contributed by atoms with E-state index in [0.29, 0.717) is 18.8 Å². The van der Waals surface area contributed by atoms with Gasteiger partial charge in [0.15, 0.2) is 11.9 Å². The van der Waals surface area contributed by atoms with Crippen LogP contribution < -0.4 is 0 Å². The molecule has 0 amide bonds. The Hall–Kier alpha value is 0.0700. The van der Waals surface area contributed by atoms with Gasteiger partial charge in [-0.2, -0.15) is 0 Å². The molecule has 0 aliphatic carbocycles. The molecule has 3 nitrogen and oxygen atoms in total. The molecule has 1 saturated heterocycles. The van der Waals surface area contributed by atoms with Crippen LogP contribution in [0.5, 0.6) is 0 Å². The second kappa shape index (κ2) is 4.94. The molecular formula is C7H12ClO3S+. The molecule has 70 valence electrons. The molecule has 0 spiro atoms. The number of carbonyl (C=O) groups is 1. The van der Waals surface area contributed by atoms with Gasteiger partial charge in [0.05, 0.1) is 0 Å². The fourth-order valence-corrected chi connectivity index (χ4v) is 2.14. The average molecular weight is 212 g/mol. The van der Waals surface area contributed by atoms with Crippen LogP contribution in [0.1, 0.15) is 19.8 Å². The SMILES string of the molecule is CCCOC1CC[S+](Cl)OC1=O. The van der Waals surface area contributed by atoms with Crippen LogP contribution in [0.2, 0.25) is 0 Å². The maximum Gasteiger partial charge on any atom is 0.395 e. The van der Waals surface area contributed by atoms with Gasteiger partial charge in [-0.1, -0.05) is 6.92 Å². The molecule has 0 aromatic carbocycles. The summed E-state index contributed by atoms with van der Waals surface area (Å²) >= 11 is 0. The van der Waals surface area contributed by atoms with Gasteiger partial charge in [-0.3, -0.25) is 0 Å². The van der Waals surface area contributed by atoms with E-state index < -0.39 is 10.4 Å². The Labute approximate surface area is 79.4 Å². The summed E-state index contributed by atoms with van der Waals surface area (Å²) in [6.45, 7) is 2.61. The Balaban J connectivity index is 2.30. The van der Waals surface area contributed by atoms with Crippen molar-refractivity contribution in [3.05, 3.63) is 0 Å². The zero-order valence-corrected chi connectivity index (χ0v) is 8.49. The van der Waals surface area contributed by atoms with E-state index in [9.17, 15) is 4.79 Å². The van der Waals surface area contributed by atoms with Crippen molar-refractivity contribution < 1.29 is 13.7 Å². The molecule has 1 heterocycles. The van der Waals surface area contributed by atoms with Crippen molar-refractivity contribution in [2.24, 2.45) is 0 Å². The number of rotatable bonds is 3. The largest absolute Gasteiger partial charge is 0.395 e. The molecule has 2 atom stereocenters. The first-order valence-electron chi connectivity index (χ1n) is 3.95. The summed E-state index contributed by atoms with van der Waals surface area (Å²) in [7, 11) is 4.94. The molecule has 1 aliphatic rings. The van der Waals surface area contributed by atoms with E-state index >= 15 is 0 Å². The number of carbonyl (C=O) groups excluding carboxylic acids is 1. The molecule has 1 rings (SSSR count). The van der Waals surface area contributed by atoms with E-state index in [1.54, 1.807) is 0 Å². The first kappa shape index (κ1) is 10.2. The Morgan fingerprint density at radius 2 is 2.58 bits per heavy atom. The molecule has 5 heteroatoms. The highest BCUT2D eigenvalue weighted by Crippen LogP contribution is 2.18. The zero-order chi connectivity index (χ0) is 8.97. The molecule has 0 radical (unpaired) electrons. The maximum atomic E-state index is 11.1. The van der Waals surface area contributed by atoms with Crippen LogP contribution >= 0.6 is 10.7 Å². The minimum Gasteiger partial charge on any atom is -0.366 e. The van der Waals surface area contributed by atoms with Gasteiger partial charge in [-0.05, 0) is 6.42 Å². The second-order valence-electron chi connectivity index (χ2n) is 2.54. The van der Waals surface area contributed by atoms with E-state index in [1.165, 1.54) is 0 Å². The monoisotopic (exact) mass is 211 g/mol. The van der Waals surface area contributed by atoms with Gasteiger partial charge < -0.3 is 4.74 Å². The van der Waals surface area contributed by atoms with E-state index in [2.05, 4.69) is 0 Å². The second-order valence-corrected chi connectivity index (χ2v) is 4.73. The zero-order valence-electron chi connectivity index (χ0n) is 6.92. The fraction of sp³-hybridized carbons (Fsp3) is 0.857. The van der Waals surface area contributed by atoms with Crippen molar-refractivity contribution in [3.63, 3.8) is 0 Å². The van der Waals surface area contributed by atoms with Gasteiger partial charge in [0.2, 0.25) is 10.7 Å². The van der Waals surface area contributed by atoms with Crippen molar-refractivity contribution >= 4 is 27.0 Å². The summed E-state index contributed by atoms with van der Waals surface area (Å²) in [4.78, 5) is 11.1. The molecule has 0 bridgehead atoms. The van der Waals surface area contributed by atoms with Crippen LogP contribution in [0, 0.1) is 0 Å². The minimum absolute atomic E-state index is 0.312. The lowest BCUT2D eigenvalue weighted by Gasteiger charge is -2.16. The summed E-state index contributed by atoms with van der Waals surface area (Å²) in [6, 6.07) is 0. The minimum atomic E-state index is -0.704. The predicted molar refractivity (Wildman–Crippen MR) is 48.8 cm³/mol. The Bertz CT molecular complexity index is 163. The summed E-state index contributed by atoms with van der Waals surface area (Å²) in [5, 5.41) is 0. The highest BCUT2D eigenvalue weighted by atomic mass is 35.7. The van der Waals surface area contributed by atoms with Crippen LogP contribution in [0.25, 0.3) is 0 Å². The first-order chi connectivity index (χ1) is 5.74. The highest BCUT2D eigenvalue weighted by Gasteiger charge is 2.38. The predicted octanol–water partition coefficient (Wildman–Crippen LogP) is 1.42. The molecule has 2 unspecified atom stereocenters. The van der Waals surface area contributed by atoms with Crippen LogP contribution in [0.4, 0.5) is 0 Å². The van der Waals surface area contributed by atoms with Crippen LogP contribution in [-0.4, -0.2) is 24.4 Å². The molecule has 0 N–H and O–H groups in total. The van der Waals surface area contributed by atoms with Crippen molar-refractivity contribution in [1.82, 2.24) is 0 Å². The number of hydrogen-bond donors (Lipinski definition) is 0. The van der Waals surface area contributed by atoms with E-state index in [1.807, 2.05) is 6.92 Å². The Kier molecular flexibility index (Phi) is 4.18. The van der Waals surface area contributed by atoms with Crippen molar-refractivity contribution in [1.29, 1.82) is 0 Å². The quantitative estimate of drug-likeness (QED) is 0.663. The molecule has 1 aliphatic heterocycles. The van der Waals surface area contributed by atoms with E-state index in [4.69, 9.17) is 19.6 Å². The normalized spacial score (nSPS) is 30.0. The summed E-state index contributed by atoms with van der Waals surface area (Å²) in [6.07, 6.45) is 1.22. The van der Waals surface area contributed by atoms with Gasteiger partial charge in [0.25, 0.3) is 0 Å². The summed E-state index contributed by atoms with van der Waals surface area (Å²) in [5.74, 6) is 0.398. The van der Waals surface area contributed by atoms with Gasteiger partial charge in [0.1, 0.15) is 0 Å². The van der Waals surface area contributed by atoms with Gasteiger partial charge >= 0.3 is 16.4 Å². The third-order valence-electron chi connectivity index (χ3n) is 1.50. The van der Waals surface area contributed by atoms with Gasteiger partial charge in [-0.25, -0.2) is 8.98 Å². The van der Waals surface area contributed by atoms with E-state index in [0.717, 1.165) is 6.42 Å². The third kappa shape index (κ3) is 2.84. The molecular weight excluding hydrogens is 200 g/mol. The first-order valence-corrected chi connectivity index (χ1v) is 6.09. The molecule has 0 aromatic rings.